The highest BCUT2D eigenvalue weighted by atomic mass is 32.2. The summed E-state index contributed by atoms with van der Waals surface area (Å²) >= 11 is 5.00. The Morgan fingerprint density at radius 2 is 1.94 bits per heavy atom. The Kier molecular flexibility index (Phi) is 4.66. The summed E-state index contributed by atoms with van der Waals surface area (Å²) in [6.07, 6.45) is 4.38. The molecule has 0 amide bonds. The van der Waals surface area contributed by atoms with E-state index in [1.54, 1.807) is 6.92 Å². The molecule has 0 saturated heterocycles. The van der Waals surface area contributed by atoms with Gasteiger partial charge in [0.1, 0.15) is 0 Å². The van der Waals surface area contributed by atoms with Crippen LogP contribution in [-0.2, 0) is 10.2 Å². The van der Waals surface area contributed by atoms with Gasteiger partial charge in [0.25, 0.3) is 10.2 Å². The highest BCUT2D eigenvalue weighted by Gasteiger charge is 2.38. The first-order valence-electron chi connectivity index (χ1n) is 5.50. The molecule has 0 unspecified atom stereocenters. The third kappa shape index (κ3) is 3.38. The van der Waals surface area contributed by atoms with Gasteiger partial charge in [-0.25, -0.2) is 4.72 Å². The first-order valence-corrected chi connectivity index (χ1v) is 7.39. The van der Waals surface area contributed by atoms with E-state index in [2.05, 4.69) is 9.44 Å². The quantitative estimate of drug-likeness (QED) is 0.629. The Morgan fingerprint density at radius 1 is 1.38 bits per heavy atom. The van der Waals surface area contributed by atoms with Crippen molar-refractivity contribution in [2.45, 2.75) is 44.6 Å². The fourth-order valence-corrected chi connectivity index (χ4v) is 3.64. The standard InChI is InChI=1S/C9H19N3O2S2/c1-2-11-16(13,14)12-9(8(10)15)6-4-3-5-7-9/h11-12H,2-7H2,1H3,(H2,10,15). The summed E-state index contributed by atoms with van der Waals surface area (Å²) in [5, 5.41) is 0. The van der Waals surface area contributed by atoms with Gasteiger partial charge in [-0.2, -0.15) is 13.1 Å². The van der Waals surface area contributed by atoms with E-state index in [9.17, 15) is 8.42 Å². The zero-order valence-corrected chi connectivity index (χ0v) is 11.1. The molecule has 1 aliphatic rings. The van der Waals surface area contributed by atoms with Crippen molar-refractivity contribution in [1.82, 2.24) is 9.44 Å². The zero-order chi connectivity index (χ0) is 12.2. The fourth-order valence-electron chi connectivity index (χ4n) is 2.04. The van der Waals surface area contributed by atoms with Gasteiger partial charge < -0.3 is 5.73 Å². The molecular formula is C9H19N3O2S2. The minimum absolute atomic E-state index is 0.244. The van der Waals surface area contributed by atoms with Gasteiger partial charge in [-0.15, -0.1) is 0 Å². The summed E-state index contributed by atoms with van der Waals surface area (Å²) < 4.78 is 28.3. The molecule has 16 heavy (non-hydrogen) atoms. The Labute approximate surface area is 102 Å². The second kappa shape index (κ2) is 5.39. The summed E-state index contributed by atoms with van der Waals surface area (Å²) in [6.45, 7) is 2.08. The average molecular weight is 265 g/mol. The van der Waals surface area contributed by atoms with Crippen molar-refractivity contribution in [2.75, 3.05) is 6.54 Å². The van der Waals surface area contributed by atoms with Crippen LogP contribution >= 0.6 is 12.2 Å². The Balaban J connectivity index is 2.83. The van der Waals surface area contributed by atoms with Crippen LogP contribution in [0.25, 0.3) is 0 Å². The number of hydrogen-bond acceptors (Lipinski definition) is 3. The van der Waals surface area contributed by atoms with E-state index in [1.807, 2.05) is 0 Å². The van der Waals surface area contributed by atoms with Gasteiger partial charge in [-0.3, -0.25) is 0 Å². The van der Waals surface area contributed by atoms with E-state index in [1.165, 1.54) is 0 Å². The SMILES string of the molecule is CCNS(=O)(=O)NC1(C(N)=S)CCCCC1. The molecule has 0 spiro atoms. The molecule has 0 aromatic heterocycles. The van der Waals surface area contributed by atoms with Crippen molar-refractivity contribution in [3.8, 4) is 0 Å². The summed E-state index contributed by atoms with van der Waals surface area (Å²) in [6, 6.07) is 0. The maximum absolute atomic E-state index is 11.7. The van der Waals surface area contributed by atoms with Gasteiger partial charge >= 0.3 is 0 Å². The molecule has 0 aliphatic heterocycles. The average Bonchev–Trinajstić information content (AvgIpc) is 2.17. The smallest absolute Gasteiger partial charge is 0.277 e. The van der Waals surface area contributed by atoms with Crippen molar-refractivity contribution in [3.63, 3.8) is 0 Å². The number of rotatable bonds is 5. The minimum Gasteiger partial charge on any atom is -0.392 e. The van der Waals surface area contributed by atoms with Crippen LogP contribution in [0.15, 0.2) is 0 Å². The molecular weight excluding hydrogens is 246 g/mol. The number of nitrogens with one attached hydrogen (secondary N) is 2. The van der Waals surface area contributed by atoms with Gasteiger partial charge in [0.2, 0.25) is 0 Å². The third-order valence-corrected chi connectivity index (χ3v) is 4.56. The van der Waals surface area contributed by atoms with Crippen molar-refractivity contribution in [3.05, 3.63) is 0 Å². The maximum Gasteiger partial charge on any atom is 0.277 e. The normalized spacial score (nSPS) is 20.6. The lowest BCUT2D eigenvalue weighted by atomic mass is 9.82. The monoisotopic (exact) mass is 265 g/mol. The fraction of sp³-hybridized carbons (Fsp3) is 0.889. The summed E-state index contributed by atoms with van der Waals surface area (Å²) in [5.74, 6) is 0. The maximum atomic E-state index is 11.7. The third-order valence-electron chi connectivity index (χ3n) is 2.84. The molecule has 0 bridgehead atoms. The van der Waals surface area contributed by atoms with Gasteiger partial charge in [-0.1, -0.05) is 38.4 Å². The van der Waals surface area contributed by atoms with E-state index >= 15 is 0 Å². The molecule has 5 nitrogen and oxygen atoms in total. The molecule has 1 fully saturated rings. The molecule has 0 heterocycles. The lowest BCUT2D eigenvalue weighted by molar-refractivity contribution is 0.351. The van der Waals surface area contributed by atoms with E-state index < -0.39 is 15.7 Å². The van der Waals surface area contributed by atoms with Gasteiger partial charge in [-0.05, 0) is 12.8 Å². The first kappa shape index (κ1) is 13.8. The number of thiocarbonyl (C=S) groups is 1. The van der Waals surface area contributed by atoms with E-state index in [0.29, 0.717) is 19.4 Å². The summed E-state index contributed by atoms with van der Waals surface area (Å²) in [7, 11) is -3.50. The Hall–Kier alpha value is -0.240. The van der Waals surface area contributed by atoms with E-state index in [0.717, 1.165) is 19.3 Å². The molecule has 1 rings (SSSR count). The Morgan fingerprint density at radius 3 is 2.38 bits per heavy atom. The minimum atomic E-state index is -3.50. The predicted octanol–water partition coefficient (Wildman–Crippen LogP) is 0.419. The van der Waals surface area contributed by atoms with Crippen LogP contribution in [0.4, 0.5) is 0 Å². The number of hydrogen-bond donors (Lipinski definition) is 3. The van der Waals surface area contributed by atoms with Gasteiger partial charge in [0.15, 0.2) is 0 Å². The molecule has 7 heteroatoms. The molecule has 0 atom stereocenters. The highest BCUT2D eigenvalue weighted by molar-refractivity contribution is 7.87. The van der Waals surface area contributed by atoms with Crippen LogP contribution in [0.3, 0.4) is 0 Å². The van der Waals surface area contributed by atoms with E-state index in [-0.39, 0.29) is 4.99 Å². The molecule has 4 N–H and O–H groups in total. The van der Waals surface area contributed by atoms with Gasteiger partial charge in [0, 0.05) is 6.54 Å². The number of nitrogens with two attached hydrogens (primary N) is 1. The van der Waals surface area contributed by atoms with Crippen molar-refractivity contribution in [2.24, 2.45) is 5.73 Å². The van der Waals surface area contributed by atoms with Crippen LogP contribution < -0.4 is 15.2 Å². The summed E-state index contributed by atoms with van der Waals surface area (Å²) in [4.78, 5) is 0.244. The van der Waals surface area contributed by atoms with Crippen LogP contribution in [0, 0.1) is 0 Å². The molecule has 94 valence electrons. The van der Waals surface area contributed by atoms with Crippen molar-refractivity contribution < 1.29 is 8.42 Å². The first-order chi connectivity index (χ1) is 7.42. The summed E-state index contributed by atoms with van der Waals surface area (Å²) in [5.41, 5.74) is 4.95. The van der Waals surface area contributed by atoms with Gasteiger partial charge in [0.05, 0.1) is 10.5 Å². The van der Waals surface area contributed by atoms with Crippen LogP contribution in [0.2, 0.25) is 0 Å². The lowest BCUT2D eigenvalue weighted by Gasteiger charge is -2.36. The van der Waals surface area contributed by atoms with Crippen LogP contribution in [-0.4, -0.2) is 25.5 Å². The largest absolute Gasteiger partial charge is 0.392 e. The van der Waals surface area contributed by atoms with Crippen LogP contribution in [0.5, 0.6) is 0 Å². The predicted molar refractivity (Wildman–Crippen MR) is 68.3 cm³/mol. The van der Waals surface area contributed by atoms with E-state index in [4.69, 9.17) is 18.0 Å². The lowest BCUT2D eigenvalue weighted by Crippen LogP contribution is -2.59. The highest BCUT2D eigenvalue weighted by Crippen LogP contribution is 2.29. The Bertz CT molecular complexity index is 348. The second-order valence-electron chi connectivity index (χ2n) is 4.11. The molecule has 0 radical (unpaired) electrons. The van der Waals surface area contributed by atoms with Crippen LogP contribution in [0.1, 0.15) is 39.0 Å². The molecule has 0 aromatic carbocycles. The van der Waals surface area contributed by atoms with Crippen molar-refractivity contribution >= 4 is 27.4 Å². The molecule has 1 aliphatic carbocycles. The topological polar surface area (TPSA) is 84.2 Å². The second-order valence-corrected chi connectivity index (χ2v) is 6.05. The zero-order valence-electron chi connectivity index (χ0n) is 9.45. The molecule has 1 saturated carbocycles. The molecule has 0 aromatic rings. The van der Waals surface area contributed by atoms with Crippen molar-refractivity contribution in [1.29, 1.82) is 0 Å².